The van der Waals surface area contributed by atoms with Crippen molar-refractivity contribution in [1.29, 1.82) is 0 Å². The first-order valence-corrected chi connectivity index (χ1v) is 9.10. The first-order valence-electron chi connectivity index (χ1n) is 6.53. The van der Waals surface area contributed by atoms with Gasteiger partial charge in [-0.15, -0.1) is 0 Å². The van der Waals surface area contributed by atoms with Crippen LogP contribution in [0.15, 0.2) is 59.6 Å². The Morgan fingerprint density at radius 2 is 1.82 bits per heavy atom. The van der Waals surface area contributed by atoms with Crippen LogP contribution in [-0.2, 0) is 15.4 Å². The van der Waals surface area contributed by atoms with E-state index in [-0.39, 0.29) is 4.90 Å². The second-order valence-corrected chi connectivity index (χ2v) is 7.18. The predicted molar refractivity (Wildman–Crippen MR) is 89.0 cm³/mol. The van der Waals surface area contributed by atoms with Crippen LogP contribution < -0.4 is 0 Å². The molecular formula is C16H12BrNO3S. The molecule has 0 saturated carbocycles. The number of hydrogen-bond acceptors (Lipinski definition) is 3. The van der Waals surface area contributed by atoms with Gasteiger partial charge in [0.15, 0.2) is 6.29 Å². The van der Waals surface area contributed by atoms with Crippen molar-refractivity contribution in [2.75, 3.05) is 0 Å². The molecule has 0 bridgehead atoms. The number of aldehydes is 1. The van der Waals surface area contributed by atoms with Crippen molar-refractivity contribution >= 4 is 43.1 Å². The number of carbonyl (C=O) groups excluding carboxylic acids is 1. The lowest BCUT2D eigenvalue weighted by atomic mass is 10.1. The van der Waals surface area contributed by atoms with Crippen LogP contribution >= 0.6 is 15.9 Å². The van der Waals surface area contributed by atoms with Gasteiger partial charge in [0, 0.05) is 22.5 Å². The van der Waals surface area contributed by atoms with E-state index in [4.69, 9.17) is 0 Å². The van der Waals surface area contributed by atoms with Crippen molar-refractivity contribution in [3.05, 3.63) is 65.9 Å². The Balaban J connectivity index is 2.33. The highest BCUT2D eigenvalue weighted by Gasteiger charge is 2.21. The summed E-state index contributed by atoms with van der Waals surface area (Å²) in [5.41, 5.74) is 1.80. The summed E-state index contributed by atoms with van der Waals surface area (Å²) < 4.78 is 26.8. The van der Waals surface area contributed by atoms with Crippen molar-refractivity contribution in [3.8, 4) is 0 Å². The lowest BCUT2D eigenvalue weighted by molar-refractivity contribution is 0.112. The van der Waals surface area contributed by atoms with Crippen LogP contribution in [-0.4, -0.2) is 18.7 Å². The van der Waals surface area contributed by atoms with Gasteiger partial charge in [0.25, 0.3) is 10.0 Å². The molecule has 2 aromatic carbocycles. The van der Waals surface area contributed by atoms with Gasteiger partial charge in [-0.3, -0.25) is 4.79 Å². The van der Waals surface area contributed by atoms with E-state index in [9.17, 15) is 13.2 Å². The summed E-state index contributed by atoms with van der Waals surface area (Å²) in [6.45, 7) is 0. The van der Waals surface area contributed by atoms with Crippen LogP contribution in [0.4, 0.5) is 0 Å². The molecule has 0 atom stereocenters. The van der Waals surface area contributed by atoms with Crippen LogP contribution in [0.5, 0.6) is 0 Å². The van der Waals surface area contributed by atoms with Crippen molar-refractivity contribution in [2.24, 2.45) is 0 Å². The molecule has 0 spiro atoms. The monoisotopic (exact) mass is 377 g/mol. The minimum absolute atomic E-state index is 0.189. The summed E-state index contributed by atoms with van der Waals surface area (Å²) in [5.74, 6) is 0. The maximum Gasteiger partial charge on any atom is 0.268 e. The molecule has 3 aromatic rings. The Morgan fingerprint density at radius 1 is 1.09 bits per heavy atom. The maximum absolute atomic E-state index is 12.8. The molecule has 0 aliphatic rings. The van der Waals surface area contributed by atoms with Gasteiger partial charge in [0.05, 0.1) is 10.4 Å². The van der Waals surface area contributed by atoms with E-state index in [1.807, 2.05) is 6.07 Å². The number of fused-ring (bicyclic) bond motifs is 1. The van der Waals surface area contributed by atoms with Gasteiger partial charge in [-0.2, -0.15) is 0 Å². The molecule has 6 heteroatoms. The molecule has 3 rings (SSSR count). The fourth-order valence-corrected chi connectivity index (χ4v) is 4.09. The summed E-state index contributed by atoms with van der Waals surface area (Å²) in [7, 11) is -3.74. The normalized spacial score (nSPS) is 11.7. The lowest BCUT2D eigenvalue weighted by Gasteiger charge is -2.08. The molecule has 0 saturated heterocycles. The molecule has 0 fully saturated rings. The zero-order valence-electron chi connectivity index (χ0n) is 11.4. The van der Waals surface area contributed by atoms with Gasteiger partial charge in [0.1, 0.15) is 0 Å². The van der Waals surface area contributed by atoms with Gasteiger partial charge in [-0.25, -0.2) is 12.4 Å². The molecule has 0 aliphatic carbocycles. The van der Waals surface area contributed by atoms with E-state index in [1.54, 1.807) is 30.3 Å². The maximum atomic E-state index is 12.8. The highest BCUT2D eigenvalue weighted by atomic mass is 79.9. The smallest absolute Gasteiger partial charge is 0.268 e. The standard InChI is InChI=1S/C16H12BrNO3S/c17-9-12-6-7-15-13(11-19)10-18(16(15)8-12)22(20,21)14-4-2-1-3-5-14/h1-8,10-11H,9H2. The van der Waals surface area contributed by atoms with Crippen molar-refractivity contribution in [2.45, 2.75) is 10.2 Å². The summed E-state index contributed by atoms with van der Waals surface area (Å²) in [6.07, 6.45) is 2.05. The Bertz CT molecular complexity index is 946. The number of rotatable bonds is 4. The van der Waals surface area contributed by atoms with E-state index < -0.39 is 10.0 Å². The largest absolute Gasteiger partial charge is 0.298 e. The third kappa shape index (κ3) is 2.38. The van der Waals surface area contributed by atoms with Crippen LogP contribution in [0.25, 0.3) is 10.9 Å². The Hall–Kier alpha value is -1.92. The third-order valence-corrected chi connectivity index (χ3v) is 5.78. The van der Waals surface area contributed by atoms with E-state index in [0.29, 0.717) is 28.1 Å². The highest BCUT2D eigenvalue weighted by Crippen LogP contribution is 2.26. The van der Waals surface area contributed by atoms with Gasteiger partial charge >= 0.3 is 0 Å². The number of carbonyl (C=O) groups is 1. The number of halogens is 1. The molecular weight excluding hydrogens is 366 g/mol. The molecule has 1 aromatic heterocycles. The highest BCUT2D eigenvalue weighted by molar-refractivity contribution is 9.08. The summed E-state index contributed by atoms with van der Waals surface area (Å²) in [4.78, 5) is 11.4. The van der Waals surface area contributed by atoms with Gasteiger partial charge in [0.2, 0.25) is 0 Å². The summed E-state index contributed by atoms with van der Waals surface area (Å²) >= 11 is 3.36. The van der Waals surface area contributed by atoms with Crippen molar-refractivity contribution < 1.29 is 13.2 Å². The zero-order valence-corrected chi connectivity index (χ0v) is 13.8. The van der Waals surface area contributed by atoms with E-state index in [2.05, 4.69) is 15.9 Å². The van der Waals surface area contributed by atoms with Crippen LogP contribution in [0.3, 0.4) is 0 Å². The fraction of sp³-hybridized carbons (Fsp3) is 0.0625. The molecule has 1 heterocycles. The van der Waals surface area contributed by atoms with Crippen LogP contribution in [0.2, 0.25) is 0 Å². The molecule has 0 unspecified atom stereocenters. The van der Waals surface area contributed by atoms with Crippen molar-refractivity contribution in [3.63, 3.8) is 0 Å². The second-order valence-electron chi connectivity index (χ2n) is 4.80. The second kappa shape index (κ2) is 5.70. The number of aromatic nitrogens is 1. The third-order valence-electron chi connectivity index (χ3n) is 3.45. The molecule has 4 nitrogen and oxygen atoms in total. The minimum Gasteiger partial charge on any atom is -0.298 e. The number of hydrogen-bond donors (Lipinski definition) is 0. The fourth-order valence-electron chi connectivity index (χ4n) is 2.35. The average molecular weight is 378 g/mol. The number of benzene rings is 2. The lowest BCUT2D eigenvalue weighted by Crippen LogP contribution is -2.11. The molecule has 0 N–H and O–H groups in total. The molecule has 22 heavy (non-hydrogen) atoms. The topological polar surface area (TPSA) is 56.1 Å². The summed E-state index contributed by atoms with van der Waals surface area (Å²) in [5, 5.41) is 1.23. The summed E-state index contributed by atoms with van der Waals surface area (Å²) in [6, 6.07) is 13.6. The van der Waals surface area contributed by atoms with Gasteiger partial charge in [-0.05, 0) is 23.8 Å². The van der Waals surface area contributed by atoms with Crippen molar-refractivity contribution in [1.82, 2.24) is 3.97 Å². The number of nitrogens with zero attached hydrogens (tertiary/aromatic N) is 1. The van der Waals surface area contributed by atoms with Gasteiger partial charge in [-0.1, -0.05) is 46.3 Å². The zero-order chi connectivity index (χ0) is 15.7. The Labute approximate surface area is 136 Å². The molecule has 112 valence electrons. The first-order chi connectivity index (χ1) is 10.6. The SMILES string of the molecule is O=Cc1cn(S(=O)(=O)c2ccccc2)c2cc(CBr)ccc12. The molecule has 0 amide bonds. The number of alkyl halides is 1. The van der Waals surface area contributed by atoms with Gasteiger partial charge < -0.3 is 0 Å². The first kappa shape index (κ1) is 15.0. The van der Waals surface area contributed by atoms with Crippen LogP contribution in [0.1, 0.15) is 15.9 Å². The minimum atomic E-state index is -3.74. The van der Waals surface area contributed by atoms with E-state index in [0.717, 1.165) is 5.56 Å². The Morgan fingerprint density at radius 3 is 2.45 bits per heavy atom. The van der Waals surface area contributed by atoms with E-state index in [1.165, 1.54) is 22.3 Å². The predicted octanol–water partition coefficient (Wildman–Crippen LogP) is 3.59. The molecule has 0 radical (unpaired) electrons. The Kier molecular flexibility index (Phi) is 3.88. The average Bonchev–Trinajstić information content (AvgIpc) is 2.94. The molecule has 0 aliphatic heterocycles. The quantitative estimate of drug-likeness (QED) is 0.515. The van der Waals surface area contributed by atoms with Crippen LogP contribution in [0, 0.1) is 0 Å². The van der Waals surface area contributed by atoms with E-state index >= 15 is 0 Å².